The molecule has 0 aliphatic heterocycles. The first-order valence-electron chi connectivity index (χ1n) is 11.8. The van der Waals surface area contributed by atoms with Crippen molar-refractivity contribution >= 4 is 5.78 Å². The molecule has 0 radical (unpaired) electrons. The molecule has 0 fully saturated rings. The molecule has 0 N–H and O–H groups in total. The van der Waals surface area contributed by atoms with Crippen LogP contribution in [0.5, 0.6) is 11.5 Å². The Balaban J connectivity index is 1.69. The van der Waals surface area contributed by atoms with Crippen molar-refractivity contribution in [2.24, 2.45) is 0 Å². The average molecular weight is 472 g/mol. The first-order chi connectivity index (χ1) is 17.8. The zero-order valence-corrected chi connectivity index (χ0v) is 20.1. The third-order valence-electron chi connectivity index (χ3n) is 6.38. The van der Waals surface area contributed by atoms with Crippen LogP contribution in [0.3, 0.4) is 0 Å². The van der Waals surface area contributed by atoms with Crippen molar-refractivity contribution in [3.63, 3.8) is 0 Å². The van der Waals surface area contributed by atoms with Gasteiger partial charge in [-0.1, -0.05) is 72.8 Å². The summed E-state index contributed by atoms with van der Waals surface area (Å²) in [5.74, 6) is 2.44. The van der Waals surface area contributed by atoms with Crippen LogP contribution in [0.1, 0.15) is 0 Å². The van der Waals surface area contributed by atoms with Gasteiger partial charge in [0, 0.05) is 28.6 Å². The van der Waals surface area contributed by atoms with Crippen LogP contribution >= 0.6 is 0 Å². The van der Waals surface area contributed by atoms with Crippen molar-refractivity contribution in [3.8, 4) is 51.0 Å². The van der Waals surface area contributed by atoms with Gasteiger partial charge in [0.15, 0.2) is 0 Å². The van der Waals surface area contributed by atoms with Crippen LogP contribution in [-0.4, -0.2) is 28.2 Å². The van der Waals surface area contributed by atoms with E-state index in [0.29, 0.717) is 0 Å². The summed E-state index contributed by atoms with van der Waals surface area (Å²) in [5, 5.41) is 0. The lowest BCUT2D eigenvalue weighted by molar-refractivity contribution is 0.415. The van der Waals surface area contributed by atoms with Gasteiger partial charge in [-0.15, -0.1) is 0 Å². The van der Waals surface area contributed by atoms with Crippen LogP contribution in [-0.2, 0) is 0 Å². The van der Waals surface area contributed by atoms with Gasteiger partial charge in [0.1, 0.15) is 11.5 Å². The van der Waals surface area contributed by atoms with E-state index in [0.717, 1.165) is 56.7 Å². The summed E-state index contributed by atoms with van der Waals surface area (Å²) in [6, 6.07) is 36.9. The standard InChI is InChI=1S/C31H25N3O2/c1-35-26-18-16-25(17-19-26)34-28(24-14-9-15-27(20-24)36-2)21-33-30(23-12-7-4-8-13-23)29(32-31(33)34)22-10-5-3-6-11-22/h3-21H,1-2H3. The molecule has 5 heteroatoms. The summed E-state index contributed by atoms with van der Waals surface area (Å²) in [6.07, 6.45) is 2.16. The summed E-state index contributed by atoms with van der Waals surface area (Å²) in [7, 11) is 3.37. The Bertz CT molecular complexity index is 1630. The monoisotopic (exact) mass is 471 g/mol. The van der Waals surface area contributed by atoms with Crippen LogP contribution in [0.2, 0.25) is 0 Å². The van der Waals surface area contributed by atoms with Crippen molar-refractivity contribution in [1.29, 1.82) is 0 Å². The third-order valence-corrected chi connectivity index (χ3v) is 6.38. The van der Waals surface area contributed by atoms with E-state index in [4.69, 9.17) is 14.5 Å². The minimum atomic E-state index is 0.806. The van der Waals surface area contributed by atoms with Gasteiger partial charge in [0.25, 0.3) is 0 Å². The van der Waals surface area contributed by atoms with Gasteiger partial charge in [-0.2, -0.15) is 0 Å². The molecule has 0 bridgehead atoms. The molecule has 0 aliphatic carbocycles. The first-order valence-corrected chi connectivity index (χ1v) is 11.8. The average Bonchev–Trinajstić information content (AvgIpc) is 3.50. The fraction of sp³-hybridized carbons (Fsp3) is 0.0645. The van der Waals surface area contributed by atoms with E-state index < -0.39 is 0 Å². The molecule has 4 aromatic carbocycles. The molecule has 0 saturated heterocycles. The van der Waals surface area contributed by atoms with Crippen LogP contribution in [0, 0.1) is 0 Å². The Labute approximate surface area is 209 Å². The molecular weight excluding hydrogens is 446 g/mol. The zero-order valence-electron chi connectivity index (χ0n) is 20.1. The molecule has 176 valence electrons. The number of hydrogen-bond acceptors (Lipinski definition) is 3. The number of ether oxygens (including phenoxy) is 2. The number of nitrogens with zero attached hydrogens (tertiary/aromatic N) is 3. The summed E-state index contributed by atoms with van der Waals surface area (Å²) in [6.45, 7) is 0. The molecular formula is C31H25N3O2. The number of methoxy groups -OCH3 is 2. The van der Waals surface area contributed by atoms with E-state index >= 15 is 0 Å². The van der Waals surface area contributed by atoms with Crippen LogP contribution < -0.4 is 9.47 Å². The third kappa shape index (κ3) is 3.71. The molecule has 0 amide bonds. The van der Waals surface area contributed by atoms with Gasteiger partial charge in [-0.05, 0) is 36.4 Å². The van der Waals surface area contributed by atoms with E-state index in [1.54, 1.807) is 14.2 Å². The van der Waals surface area contributed by atoms with Crippen LogP contribution in [0.4, 0.5) is 0 Å². The van der Waals surface area contributed by atoms with E-state index in [9.17, 15) is 0 Å². The number of imidazole rings is 2. The molecule has 0 atom stereocenters. The van der Waals surface area contributed by atoms with E-state index in [1.165, 1.54) is 0 Å². The number of rotatable bonds is 6. The zero-order chi connectivity index (χ0) is 24.5. The lowest BCUT2D eigenvalue weighted by Crippen LogP contribution is -1.98. The van der Waals surface area contributed by atoms with Crippen molar-refractivity contribution in [1.82, 2.24) is 14.0 Å². The largest absolute Gasteiger partial charge is 0.497 e. The molecule has 36 heavy (non-hydrogen) atoms. The Kier molecular flexibility index (Phi) is 5.51. The van der Waals surface area contributed by atoms with Gasteiger partial charge in [0.2, 0.25) is 5.78 Å². The van der Waals surface area contributed by atoms with Crippen molar-refractivity contribution in [2.45, 2.75) is 0 Å². The van der Waals surface area contributed by atoms with Gasteiger partial charge in [0.05, 0.1) is 31.3 Å². The van der Waals surface area contributed by atoms with Crippen molar-refractivity contribution in [3.05, 3.63) is 115 Å². The number of hydrogen-bond donors (Lipinski definition) is 0. The quantitative estimate of drug-likeness (QED) is 0.259. The summed E-state index contributed by atoms with van der Waals surface area (Å²) >= 11 is 0. The Morgan fingerprint density at radius 3 is 1.92 bits per heavy atom. The van der Waals surface area contributed by atoms with Gasteiger partial charge in [-0.3, -0.25) is 8.97 Å². The highest BCUT2D eigenvalue weighted by atomic mass is 16.5. The maximum absolute atomic E-state index is 5.53. The highest BCUT2D eigenvalue weighted by Crippen LogP contribution is 2.37. The fourth-order valence-corrected chi connectivity index (χ4v) is 4.63. The minimum Gasteiger partial charge on any atom is -0.497 e. The van der Waals surface area contributed by atoms with Gasteiger partial charge >= 0.3 is 0 Å². The second-order valence-corrected chi connectivity index (χ2v) is 8.49. The maximum Gasteiger partial charge on any atom is 0.220 e. The van der Waals surface area contributed by atoms with Crippen molar-refractivity contribution < 1.29 is 9.47 Å². The van der Waals surface area contributed by atoms with Crippen LogP contribution in [0.15, 0.2) is 115 Å². The Morgan fingerprint density at radius 2 is 1.25 bits per heavy atom. The number of fused-ring (bicyclic) bond motifs is 1. The van der Waals surface area contributed by atoms with Gasteiger partial charge < -0.3 is 9.47 Å². The minimum absolute atomic E-state index is 0.806. The van der Waals surface area contributed by atoms with E-state index in [1.807, 2.05) is 48.5 Å². The maximum atomic E-state index is 5.53. The predicted molar refractivity (Wildman–Crippen MR) is 144 cm³/mol. The SMILES string of the molecule is COc1ccc(-n2c(-c3cccc(OC)c3)cn3c(-c4ccccc4)c(-c4ccccc4)nc23)cc1. The molecule has 2 heterocycles. The Hall–Kier alpha value is -4.77. The normalized spacial score (nSPS) is 11.1. The molecule has 0 saturated carbocycles. The lowest BCUT2D eigenvalue weighted by atomic mass is 10.0. The highest BCUT2D eigenvalue weighted by molar-refractivity contribution is 5.83. The number of aromatic nitrogens is 3. The second-order valence-electron chi connectivity index (χ2n) is 8.49. The number of benzene rings is 4. The summed E-state index contributed by atoms with van der Waals surface area (Å²) < 4.78 is 15.3. The topological polar surface area (TPSA) is 40.7 Å². The molecule has 6 aromatic rings. The molecule has 6 rings (SSSR count). The van der Waals surface area contributed by atoms with Crippen LogP contribution in [0.25, 0.3) is 45.2 Å². The summed E-state index contributed by atoms with van der Waals surface area (Å²) in [4.78, 5) is 5.23. The molecule has 5 nitrogen and oxygen atoms in total. The Morgan fingerprint density at radius 1 is 0.611 bits per heavy atom. The lowest BCUT2D eigenvalue weighted by Gasteiger charge is -2.11. The fourth-order valence-electron chi connectivity index (χ4n) is 4.63. The van der Waals surface area contributed by atoms with Crippen molar-refractivity contribution in [2.75, 3.05) is 14.2 Å². The molecule has 0 unspecified atom stereocenters. The van der Waals surface area contributed by atoms with Gasteiger partial charge in [-0.25, -0.2) is 4.98 Å². The highest BCUT2D eigenvalue weighted by Gasteiger charge is 2.22. The first kappa shape index (κ1) is 21.7. The molecule has 0 aliphatic rings. The smallest absolute Gasteiger partial charge is 0.220 e. The summed E-state index contributed by atoms with van der Waals surface area (Å²) in [5.41, 5.74) is 7.21. The molecule has 0 spiro atoms. The molecule has 2 aromatic heterocycles. The predicted octanol–water partition coefficient (Wildman–Crippen LogP) is 7.14. The van der Waals surface area contributed by atoms with E-state index in [-0.39, 0.29) is 0 Å². The second kappa shape index (κ2) is 9.12. The van der Waals surface area contributed by atoms with E-state index in [2.05, 4.69) is 75.8 Å².